The van der Waals surface area contributed by atoms with Gasteiger partial charge in [-0.25, -0.2) is 9.36 Å². The molecule has 4 rings (SSSR count). The molecule has 0 radical (unpaired) electrons. The molecule has 0 aliphatic carbocycles. The van der Waals surface area contributed by atoms with Crippen LogP contribution in [0.4, 0.5) is 0 Å². The first-order valence-electron chi connectivity index (χ1n) is 10.8. The van der Waals surface area contributed by atoms with Crippen molar-refractivity contribution in [3.8, 4) is 0 Å². The molecule has 0 saturated carbocycles. The van der Waals surface area contributed by atoms with E-state index in [-0.39, 0.29) is 37.7 Å². The van der Waals surface area contributed by atoms with E-state index in [0.717, 1.165) is 0 Å². The van der Waals surface area contributed by atoms with Crippen LogP contribution in [-0.4, -0.2) is 54.2 Å². The van der Waals surface area contributed by atoms with Crippen LogP contribution >= 0.6 is 7.82 Å². The molecule has 0 N–H and O–H groups in total. The second kappa shape index (κ2) is 9.87. The highest BCUT2D eigenvalue weighted by molar-refractivity contribution is 7.48. The Morgan fingerprint density at radius 3 is 2.82 bits per heavy atom. The quantitative estimate of drug-likeness (QED) is 0.330. The summed E-state index contributed by atoms with van der Waals surface area (Å²) in [7, 11) is -3.93. The molecular formula is C22H26NO9P. The molecule has 2 saturated heterocycles. The molecule has 1 aromatic carbocycles. The molecule has 0 aromatic heterocycles. The predicted molar refractivity (Wildman–Crippen MR) is 114 cm³/mol. The Morgan fingerprint density at radius 1 is 1.24 bits per heavy atom. The Hall–Kier alpha value is -2.36. The SMILES string of the molecule is CCCOC(=O)c1ccccc1COP1(=O)OC[C@H]2O[C@@H](N3C=C(C)C(=O)CC3=O)C[C@@H]2O1. The van der Waals surface area contributed by atoms with E-state index >= 15 is 0 Å². The number of phosphoric acid groups is 1. The van der Waals surface area contributed by atoms with Gasteiger partial charge in [0.25, 0.3) is 0 Å². The topological polar surface area (TPSA) is 118 Å². The first kappa shape index (κ1) is 23.8. The minimum atomic E-state index is -3.93. The highest BCUT2D eigenvalue weighted by Gasteiger charge is 2.49. The molecule has 3 heterocycles. The van der Waals surface area contributed by atoms with Crippen LogP contribution < -0.4 is 0 Å². The largest absolute Gasteiger partial charge is 0.475 e. The Morgan fingerprint density at radius 2 is 2.03 bits per heavy atom. The van der Waals surface area contributed by atoms with Gasteiger partial charge in [-0.05, 0) is 25.0 Å². The number of hydrogen-bond acceptors (Lipinski definition) is 9. The van der Waals surface area contributed by atoms with Gasteiger partial charge in [-0.15, -0.1) is 0 Å². The summed E-state index contributed by atoms with van der Waals surface area (Å²) in [6.45, 7) is 3.62. The molecule has 4 atom stereocenters. The van der Waals surface area contributed by atoms with Crippen molar-refractivity contribution in [3.05, 3.63) is 47.2 Å². The highest BCUT2D eigenvalue weighted by atomic mass is 31.2. The van der Waals surface area contributed by atoms with Gasteiger partial charge in [0.15, 0.2) is 5.78 Å². The third-order valence-corrected chi connectivity index (χ3v) is 7.02. The number of allylic oxidation sites excluding steroid dienone is 1. The monoisotopic (exact) mass is 479 g/mol. The van der Waals surface area contributed by atoms with Crippen LogP contribution in [0, 0.1) is 0 Å². The molecule has 0 spiro atoms. The van der Waals surface area contributed by atoms with Gasteiger partial charge in [-0.2, -0.15) is 0 Å². The van der Waals surface area contributed by atoms with Crippen molar-refractivity contribution in [2.24, 2.45) is 0 Å². The number of esters is 1. The van der Waals surface area contributed by atoms with Crippen molar-refractivity contribution >= 4 is 25.5 Å². The third-order valence-electron chi connectivity index (χ3n) is 5.58. The maximum atomic E-state index is 13.1. The third kappa shape index (κ3) is 5.26. The predicted octanol–water partition coefficient (Wildman–Crippen LogP) is 3.11. The zero-order valence-corrected chi connectivity index (χ0v) is 19.3. The smallest absolute Gasteiger partial charge is 0.462 e. The summed E-state index contributed by atoms with van der Waals surface area (Å²) in [5, 5.41) is 0. The van der Waals surface area contributed by atoms with Crippen molar-refractivity contribution in [1.82, 2.24) is 4.90 Å². The average Bonchev–Trinajstić information content (AvgIpc) is 3.21. The van der Waals surface area contributed by atoms with Crippen LogP contribution in [0.1, 0.15) is 49.0 Å². The molecule has 178 valence electrons. The van der Waals surface area contributed by atoms with Crippen molar-refractivity contribution in [2.75, 3.05) is 13.2 Å². The van der Waals surface area contributed by atoms with E-state index in [2.05, 4.69) is 0 Å². The molecule has 0 bridgehead atoms. The molecule has 11 heteroatoms. The van der Waals surface area contributed by atoms with Crippen molar-refractivity contribution in [3.63, 3.8) is 0 Å². The van der Waals surface area contributed by atoms with E-state index in [4.69, 9.17) is 23.0 Å². The second-order valence-electron chi connectivity index (χ2n) is 8.03. The molecule has 3 aliphatic rings. The second-order valence-corrected chi connectivity index (χ2v) is 9.65. The van der Waals surface area contributed by atoms with Gasteiger partial charge in [-0.3, -0.25) is 28.1 Å². The van der Waals surface area contributed by atoms with E-state index in [0.29, 0.717) is 29.7 Å². The number of amides is 1. The Labute approximate surface area is 191 Å². The van der Waals surface area contributed by atoms with Crippen molar-refractivity contribution in [2.45, 2.75) is 58.2 Å². The summed E-state index contributed by atoms with van der Waals surface area (Å²) in [5.74, 6) is -1.07. The van der Waals surface area contributed by atoms with Crippen LogP contribution in [0.25, 0.3) is 0 Å². The van der Waals surface area contributed by atoms with Crippen molar-refractivity contribution in [1.29, 1.82) is 0 Å². The van der Waals surface area contributed by atoms with Gasteiger partial charge in [0.1, 0.15) is 18.4 Å². The number of benzene rings is 1. The number of rotatable bonds is 7. The number of hydrogen-bond donors (Lipinski definition) is 0. The minimum Gasteiger partial charge on any atom is -0.462 e. The Bertz CT molecular complexity index is 1020. The minimum absolute atomic E-state index is 0.0394. The number of fused-ring (bicyclic) bond motifs is 1. The molecule has 3 aliphatic heterocycles. The normalized spacial score (nSPS) is 29.6. The lowest BCUT2D eigenvalue weighted by atomic mass is 10.1. The van der Waals surface area contributed by atoms with E-state index in [1.807, 2.05) is 6.92 Å². The van der Waals surface area contributed by atoms with Crippen LogP contribution in [0.3, 0.4) is 0 Å². The van der Waals surface area contributed by atoms with E-state index < -0.39 is 32.2 Å². The molecule has 33 heavy (non-hydrogen) atoms. The molecule has 10 nitrogen and oxygen atoms in total. The van der Waals surface area contributed by atoms with E-state index in [1.54, 1.807) is 31.2 Å². The number of Topliss-reactive ketones (excluding diaryl/α,β-unsaturated/α-hetero) is 1. The summed E-state index contributed by atoms with van der Waals surface area (Å²) < 4.78 is 40.6. The lowest BCUT2D eigenvalue weighted by Crippen LogP contribution is -2.40. The molecule has 1 aromatic rings. The Kier molecular flexibility index (Phi) is 7.11. The number of carbonyl (C=O) groups is 3. The van der Waals surface area contributed by atoms with Crippen LogP contribution in [0.15, 0.2) is 36.0 Å². The van der Waals surface area contributed by atoms with Crippen LogP contribution in [-0.2, 0) is 43.8 Å². The Balaban J connectivity index is 1.39. The summed E-state index contributed by atoms with van der Waals surface area (Å²) >= 11 is 0. The van der Waals surface area contributed by atoms with E-state index in [9.17, 15) is 18.9 Å². The fourth-order valence-corrected chi connectivity index (χ4v) is 5.17. The molecule has 2 fully saturated rings. The van der Waals surface area contributed by atoms with Crippen LogP contribution in [0.2, 0.25) is 0 Å². The van der Waals surface area contributed by atoms with Crippen LogP contribution in [0.5, 0.6) is 0 Å². The average molecular weight is 479 g/mol. The van der Waals surface area contributed by atoms with Gasteiger partial charge < -0.3 is 9.47 Å². The standard InChI is InChI=1S/C22H26NO9P/c1-3-8-28-22(26)16-7-5-4-6-15(16)12-29-33(27)30-13-19-18(32-33)10-21(31-19)23-11-14(2)17(24)9-20(23)25/h4-7,11,18-19,21H,3,8-10,12-13H2,1-2H3/t18-,19+,21+,33?/m0/s1. The first-order chi connectivity index (χ1) is 15.8. The maximum absolute atomic E-state index is 13.1. The fourth-order valence-electron chi connectivity index (χ4n) is 3.79. The number of nitrogens with zero attached hydrogens (tertiary/aromatic N) is 1. The lowest BCUT2D eigenvalue weighted by Gasteiger charge is -2.30. The van der Waals surface area contributed by atoms with Gasteiger partial charge in [0, 0.05) is 18.2 Å². The zero-order valence-electron chi connectivity index (χ0n) is 18.4. The number of phosphoric ester groups is 1. The number of ether oxygens (including phenoxy) is 2. The summed E-state index contributed by atoms with van der Waals surface area (Å²) in [5.41, 5.74) is 1.28. The molecule has 1 unspecified atom stereocenters. The van der Waals surface area contributed by atoms with Gasteiger partial charge in [0.2, 0.25) is 5.91 Å². The van der Waals surface area contributed by atoms with E-state index in [1.165, 1.54) is 11.1 Å². The fraction of sp³-hybridized carbons (Fsp3) is 0.500. The highest BCUT2D eigenvalue weighted by Crippen LogP contribution is 2.56. The molecular weight excluding hydrogens is 453 g/mol. The zero-order chi connectivity index (χ0) is 23.6. The number of ketones is 1. The molecule has 1 amide bonds. The van der Waals surface area contributed by atoms with Gasteiger partial charge >= 0.3 is 13.8 Å². The summed E-state index contributed by atoms with van der Waals surface area (Å²) in [6, 6.07) is 6.72. The van der Waals surface area contributed by atoms with Gasteiger partial charge in [-0.1, -0.05) is 25.1 Å². The summed E-state index contributed by atoms with van der Waals surface area (Å²) in [4.78, 5) is 37.7. The maximum Gasteiger partial charge on any atom is 0.475 e. The van der Waals surface area contributed by atoms with Gasteiger partial charge in [0.05, 0.1) is 31.8 Å². The first-order valence-corrected chi connectivity index (χ1v) is 12.3. The number of carbonyl (C=O) groups excluding carboxylic acids is 3. The summed E-state index contributed by atoms with van der Waals surface area (Å²) in [6.07, 6.45) is 0.416. The van der Waals surface area contributed by atoms with Crippen molar-refractivity contribution < 1.29 is 42.0 Å². The lowest BCUT2D eigenvalue weighted by molar-refractivity contribution is -0.145.